The van der Waals surface area contributed by atoms with Crippen LogP contribution in [0, 0.1) is 6.92 Å². The van der Waals surface area contributed by atoms with Crippen LogP contribution < -0.4 is 10.6 Å². The van der Waals surface area contributed by atoms with Crippen LogP contribution in [0.1, 0.15) is 54.9 Å². The fourth-order valence-corrected chi connectivity index (χ4v) is 3.29. The van der Waals surface area contributed by atoms with Crippen LogP contribution in [-0.4, -0.2) is 38.9 Å². The van der Waals surface area contributed by atoms with Crippen molar-refractivity contribution in [3.05, 3.63) is 29.7 Å². The number of hydrogen-bond acceptors (Lipinski definition) is 6. The molecule has 3 rings (SSSR count). The maximum atomic E-state index is 12.6. The molecule has 1 unspecified atom stereocenters. The van der Waals surface area contributed by atoms with Gasteiger partial charge in [0.15, 0.2) is 5.82 Å². The van der Waals surface area contributed by atoms with Gasteiger partial charge in [-0.2, -0.15) is 10.1 Å². The average Bonchev–Trinajstić information content (AvgIpc) is 3.18. The van der Waals surface area contributed by atoms with Crippen LogP contribution in [0.4, 0.5) is 0 Å². The minimum absolute atomic E-state index is 0.0115. The van der Waals surface area contributed by atoms with Gasteiger partial charge in [-0.15, -0.1) is 0 Å². The summed E-state index contributed by atoms with van der Waals surface area (Å²) in [5.41, 5.74) is 0.868. The van der Waals surface area contributed by atoms with Crippen molar-refractivity contribution in [2.75, 3.05) is 7.05 Å². The smallest absolute Gasteiger partial charge is 0.242 e. The van der Waals surface area contributed by atoms with Crippen molar-refractivity contribution >= 4 is 5.91 Å². The average molecular weight is 332 g/mol. The summed E-state index contributed by atoms with van der Waals surface area (Å²) in [6, 6.07) is -0.194. The van der Waals surface area contributed by atoms with Gasteiger partial charge in [0.05, 0.1) is 6.20 Å². The van der Waals surface area contributed by atoms with Crippen LogP contribution in [0.2, 0.25) is 0 Å². The van der Waals surface area contributed by atoms with Crippen molar-refractivity contribution in [2.45, 2.75) is 50.6 Å². The van der Waals surface area contributed by atoms with E-state index in [1.807, 2.05) is 20.2 Å². The summed E-state index contributed by atoms with van der Waals surface area (Å²) in [4.78, 5) is 16.9. The van der Waals surface area contributed by atoms with Crippen LogP contribution in [0.3, 0.4) is 0 Å². The normalized spacial score (nSPS) is 22.3. The molecule has 2 N–H and O–H groups in total. The highest BCUT2D eigenvalue weighted by atomic mass is 16.5. The van der Waals surface area contributed by atoms with Crippen LogP contribution in [0.5, 0.6) is 0 Å². The summed E-state index contributed by atoms with van der Waals surface area (Å²) in [6.45, 7) is 1.83. The van der Waals surface area contributed by atoms with Crippen molar-refractivity contribution in [1.29, 1.82) is 0 Å². The zero-order valence-electron chi connectivity index (χ0n) is 14.3. The van der Waals surface area contributed by atoms with E-state index in [0.29, 0.717) is 11.7 Å². The molecule has 8 heteroatoms. The summed E-state index contributed by atoms with van der Waals surface area (Å²) in [6.07, 6.45) is 7.31. The molecule has 1 amide bonds. The number of aromatic nitrogens is 4. The van der Waals surface area contributed by atoms with Gasteiger partial charge < -0.3 is 15.2 Å². The fourth-order valence-electron chi connectivity index (χ4n) is 3.29. The molecule has 1 saturated carbocycles. The molecule has 0 aromatic carbocycles. The highest BCUT2D eigenvalue weighted by Crippen LogP contribution is 2.32. The first-order chi connectivity index (χ1) is 11.6. The third kappa shape index (κ3) is 3.64. The summed E-state index contributed by atoms with van der Waals surface area (Å²) < 4.78 is 6.97. The van der Waals surface area contributed by atoms with Gasteiger partial charge in [0.1, 0.15) is 6.04 Å². The van der Waals surface area contributed by atoms with Gasteiger partial charge in [0.25, 0.3) is 0 Å². The Labute approximate surface area is 141 Å². The molecule has 2 heterocycles. The van der Waals surface area contributed by atoms with E-state index in [2.05, 4.69) is 25.9 Å². The molecule has 1 fully saturated rings. The number of aryl methyl sites for hydroxylation is 2. The predicted molar refractivity (Wildman–Crippen MR) is 87.2 cm³/mol. The van der Waals surface area contributed by atoms with E-state index >= 15 is 0 Å². The Kier molecular flexibility index (Phi) is 4.94. The van der Waals surface area contributed by atoms with Gasteiger partial charge in [-0.05, 0) is 39.7 Å². The molecular formula is C16H24N6O2. The lowest BCUT2D eigenvalue weighted by molar-refractivity contribution is -0.124. The fraction of sp³-hybridized carbons (Fsp3) is 0.625. The molecule has 1 aliphatic rings. The minimum atomic E-state index is -0.380. The van der Waals surface area contributed by atoms with Crippen molar-refractivity contribution in [3.63, 3.8) is 0 Å². The number of nitrogens with one attached hydrogen (secondary N) is 2. The van der Waals surface area contributed by atoms with E-state index in [4.69, 9.17) is 4.52 Å². The first-order valence-electron chi connectivity index (χ1n) is 8.33. The van der Waals surface area contributed by atoms with Crippen LogP contribution >= 0.6 is 0 Å². The molecule has 1 atom stereocenters. The third-order valence-electron chi connectivity index (χ3n) is 4.58. The number of hydrogen-bond donors (Lipinski definition) is 2. The van der Waals surface area contributed by atoms with E-state index in [-0.39, 0.29) is 18.0 Å². The zero-order chi connectivity index (χ0) is 17.1. The molecule has 0 bridgehead atoms. The van der Waals surface area contributed by atoms with Gasteiger partial charge in [-0.3, -0.25) is 9.48 Å². The maximum Gasteiger partial charge on any atom is 0.242 e. The predicted octanol–water partition coefficient (Wildman–Crippen LogP) is 1.21. The molecular weight excluding hydrogens is 308 g/mol. The third-order valence-corrected chi connectivity index (χ3v) is 4.58. The summed E-state index contributed by atoms with van der Waals surface area (Å²) >= 11 is 0. The SMILES string of the molecule is CNC(C(=O)NC1CCC(c2nc(C)no2)CC1)c1cnn(C)c1. The van der Waals surface area contributed by atoms with Gasteiger partial charge in [-0.25, -0.2) is 0 Å². The Morgan fingerprint density at radius 2 is 2.12 bits per heavy atom. The summed E-state index contributed by atoms with van der Waals surface area (Å²) in [5, 5.41) is 14.2. The lowest BCUT2D eigenvalue weighted by atomic mass is 9.86. The number of carbonyl (C=O) groups excluding carboxylic acids is 1. The van der Waals surface area contributed by atoms with E-state index in [9.17, 15) is 4.79 Å². The zero-order valence-corrected chi connectivity index (χ0v) is 14.3. The second-order valence-corrected chi connectivity index (χ2v) is 6.41. The summed E-state index contributed by atoms with van der Waals surface area (Å²) in [5.74, 6) is 1.69. The Morgan fingerprint density at radius 3 is 2.67 bits per heavy atom. The molecule has 0 aliphatic heterocycles. The monoisotopic (exact) mass is 332 g/mol. The van der Waals surface area contributed by atoms with Gasteiger partial charge >= 0.3 is 0 Å². The van der Waals surface area contributed by atoms with Gasteiger partial charge in [0, 0.05) is 30.8 Å². The van der Waals surface area contributed by atoms with Gasteiger partial charge in [0.2, 0.25) is 11.8 Å². The van der Waals surface area contributed by atoms with Crippen molar-refractivity contribution in [3.8, 4) is 0 Å². The standard InChI is InChI=1S/C16H24N6O2/c1-10-19-16(24-21-10)11-4-6-13(7-5-11)20-15(23)14(17-2)12-8-18-22(3)9-12/h8-9,11,13-14,17H,4-7H2,1-3H3,(H,20,23). The van der Waals surface area contributed by atoms with Crippen LogP contribution in [0.15, 0.2) is 16.9 Å². The number of nitrogens with zero attached hydrogens (tertiary/aromatic N) is 4. The molecule has 2 aromatic heterocycles. The second kappa shape index (κ2) is 7.12. The van der Waals surface area contributed by atoms with Crippen LogP contribution in [0.25, 0.3) is 0 Å². The van der Waals surface area contributed by atoms with Crippen molar-refractivity contribution < 1.29 is 9.32 Å². The molecule has 0 saturated heterocycles. The van der Waals surface area contributed by atoms with E-state index in [1.54, 1.807) is 17.9 Å². The minimum Gasteiger partial charge on any atom is -0.352 e. The number of rotatable bonds is 5. The highest BCUT2D eigenvalue weighted by molar-refractivity contribution is 5.83. The number of carbonyl (C=O) groups is 1. The van der Waals surface area contributed by atoms with Crippen molar-refractivity contribution in [2.24, 2.45) is 7.05 Å². The first-order valence-corrected chi connectivity index (χ1v) is 8.33. The first kappa shape index (κ1) is 16.6. The molecule has 1 aliphatic carbocycles. The molecule has 2 aromatic rings. The number of likely N-dealkylation sites (N-methyl/N-ethyl adjacent to an activating group) is 1. The lowest BCUT2D eigenvalue weighted by Gasteiger charge is -2.28. The maximum absolute atomic E-state index is 12.6. The molecule has 0 radical (unpaired) electrons. The van der Waals surface area contributed by atoms with E-state index in [0.717, 1.165) is 37.1 Å². The molecule has 8 nitrogen and oxygen atoms in total. The Morgan fingerprint density at radius 1 is 1.38 bits per heavy atom. The lowest BCUT2D eigenvalue weighted by Crippen LogP contribution is -2.43. The second-order valence-electron chi connectivity index (χ2n) is 6.41. The largest absolute Gasteiger partial charge is 0.352 e. The van der Waals surface area contributed by atoms with Crippen LogP contribution in [-0.2, 0) is 11.8 Å². The molecule has 0 spiro atoms. The Bertz CT molecular complexity index is 686. The molecule has 24 heavy (non-hydrogen) atoms. The quantitative estimate of drug-likeness (QED) is 0.854. The van der Waals surface area contributed by atoms with Gasteiger partial charge in [-0.1, -0.05) is 5.16 Å². The van der Waals surface area contributed by atoms with E-state index in [1.165, 1.54) is 0 Å². The van der Waals surface area contributed by atoms with Crippen molar-refractivity contribution in [1.82, 2.24) is 30.6 Å². The Balaban J connectivity index is 1.54. The highest BCUT2D eigenvalue weighted by Gasteiger charge is 2.29. The number of amides is 1. The Hall–Kier alpha value is -2.22. The summed E-state index contributed by atoms with van der Waals surface area (Å²) in [7, 11) is 3.63. The van der Waals surface area contributed by atoms with E-state index < -0.39 is 0 Å². The topological polar surface area (TPSA) is 97.9 Å². The molecule has 130 valence electrons.